The van der Waals surface area contributed by atoms with Gasteiger partial charge in [0.1, 0.15) is 0 Å². The molecule has 5 rings (SSSR count). The smallest absolute Gasteiger partial charge is 0.250 e. The summed E-state index contributed by atoms with van der Waals surface area (Å²) >= 11 is 0. The zero-order valence-corrected chi connectivity index (χ0v) is 16.9. The second-order valence-corrected chi connectivity index (χ2v) is 7.73. The lowest BCUT2D eigenvalue weighted by atomic mass is 10.2. The van der Waals surface area contributed by atoms with E-state index in [0.29, 0.717) is 6.42 Å². The van der Waals surface area contributed by atoms with Crippen LogP contribution in [0.5, 0.6) is 0 Å². The maximum atomic E-state index is 12.8. The van der Waals surface area contributed by atoms with Crippen LogP contribution < -0.4 is 9.80 Å². The first kappa shape index (κ1) is 18.7. The summed E-state index contributed by atoms with van der Waals surface area (Å²) < 4.78 is 1.78. The highest BCUT2D eigenvalue weighted by atomic mass is 16.2. The minimum absolute atomic E-state index is 0.218. The van der Waals surface area contributed by atoms with Gasteiger partial charge in [0.2, 0.25) is 11.9 Å². The van der Waals surface area contributed by atoms with Gasteiger partial charge in [-0.2, -0.15) is 4.68 Å². The van der Waals surface area contributed by atoms with E-state index in [1.165, 1.54) is 5.56 Å². The number of rotatable bonds is 5. The van der Waals surface area contributed by atoms with E-state index in [1.54, 1.807) is 4.68 Å². The van der Waals surface area contributed by atoms with E-state index in [4.69, 9.17) is 0 Å². The Labute approximate surface area is 175 Å². The quantitative estimate of drug-likeness (QED) is 0.647. The van der Waals surface area contributed by atoms with Crippen molar-refractivity contribution < 1.29 is 4.79 Å². The number of para-hydroxylation sites is 2. The first-order valence-electron chi connectivity index (χ1n) is 10.5. The molecule has 0 N–H and O–H groups in total. The fourth-order valence-corrected chi connectivity index (χ4v) is 4.27. The molecule has 0 bridgehead atoms. The van der Waals surface area contributed by atoms with Crippen LogP contribution >= 0.6 is 0 Å². The van der Waals surface area contributed by atoms with Crippen LogP contribution in [0.1, 0.15) is 12.0 Å². The van der Waals surface area contributed by atoms with Crippen molar-refractivity contribution in [1.29, 1.82) is 0 Å². The number of carbonyl (C=O) groups is 1. The van der Waals surface area contributed by atoms with Crippen LogP contribution in [0.25, 0.3) is 5.69 Å². The van der Waals surface area contributed by atoms with Gasteiger partial charge in [-0.25, -0.2) is 0 Å². The summed E-state index contributed by atoms with van der Waals surface area (Å²) in [5.74, 6) is 0.987. The molecule has 0 aliphatic carbocycles. The Morgan fingerprint density at radius 3 is 2.50 bits per heavy atom. The number of hydrogen-bond acceptors (Lipinski definition) is 6. The molecule has 2 aliphatic heterocycles. The van der Waals surface area contributed by atoms with E-state index in [-0.39, 0.29) is 5.91 Å². The zero-order chi connectivity index (χ0) is 20.3. The number of anilines is 2. The monoisotopic (exact) mass is 403 g/mol. The predicted octanol–water partition coefficient (Wildman–Crippen LogP) is 1.76. The Bertz CT molecular complexity index is 1010. The van der Waals surface area contributed by atoms with Gasteiger partial charge in [-0.15, -0.1) is 0 Å². The molecule has 8 nitrogen and oxygen atoms in total. The highest BCUT2D eigenvalue weighted by Gasteiger charge is 2.26. The number of aromatic nitrogens is 4. The van der Waals surface area contributed by atoms with Crippen molar-refractivity contribution in [2.45, 2.75) is 12.8 Å². The summed E-state index contributed by atoms with van der Waals surface area (Å²) in [4.78, 5) is 19.3. The highest BCUT2D eigenvalue weighted by Crippen LogP contribution is 2.28. The standard InChI is InChI=1S/C22H25N7O/c30-21(28-13-10-18-6-4-5-9-20(18)28)11-12-26-14-16-27(17-15-26)22-23-24-25-29(22)19-7-2-1-3-8-19/h1-9H,10-17H2. The SMILES string of the molecule is O=C(CCN1CCN(c2nnnn2-c2ccccc2)CC1)N1CCc2ccccc21. The molecular weight excluding hydrogens is 378 g/mol. The number of fused-ring (bicyclic) bond motifs is 1. The van der Waals surface area contributed by atoms with Crippen molar-refractivity contribution in [2.75, 3.05) is 49.1 Å². The average Bonchev–Trinajstić information content (AvgIpc) is 3.46. The van der Waals surface area contributed by atoms with Crippen LogP contribution in [0.3, 0.4) is 0 Å². The van der Waals surface area contributed by atoms with Gasteiger partial charge in [-0.05, 0) is 40.6 Å². The Hall–Kier alpha value is -3.26. The lowest BCUT2D eigenvalue weighted by Gasteiger charge is -2.34. The largest absolute Gasteiger partial charge is 0.337 e. The van der Waals surface area contributed by atoms with E-state index in [2.05, 4.69) is 37.5 Å². The average molecular weight is 403 g/mol. The van der Waals surface area contributed by atoms with Gasteiger partial charge in [0, 0.05) is 51.4 Å². The van der Waals surface area contributed by atoms with Crippen LogP contribution in [0.4, 0.5) is 11.6 Å². The van der Waals surface area contributed by atoms with E-state index < -0.39 is 0 Å². The maximum absolute atomic E-state index is 12.8. The molecule has 2 aliphatic rings. The number of amides is 1. The molecule has 0 radical (unpaired) electrons. The van der Waals surface area contributed by atoms with Gasteiger partial charge in [0.05, 0.1) is 5.69 Å². The molecule has 1 saturated heterocycles. The predicted molar refractivity (Wildman–Crippen MR) is 115 cm³/mol. The summed E-state index contributed by atoms with van der Waals surface area (Å²) in [6.45, 7) is 5.06. The second-order valence-electron chi connectivity index (χ2n) is 7.73. The lowest BCUT2D eigenvalue weighted by Crippen LogP contribution is -2.48. The first-order chi connectivity index (χ1) is 14.8. The lowest BCUT2D eigenvalue weighted by molar-refractivity contribution is -0.118. The number of nitrogens with zero attached hydrogens (tertiary/aromatic N) is 7. The maximum Gasteiger partial charge on any atom is 0.250 e. The molecule has 8 heteroatoms. The zero-order valence-electron chi connectivity index (χ0n) is 16.9. The number of piperazine rings is 1. The van der Waals surface area contributed by atoms with Gasteiger partial charge < -0.3 is 9.80 Å². The molecule has 1 aromatic heterocycles. The molecule has 3 aromatic rings. The van der Waals surface area contributed by atoms with Crippen molar-refractivity contribution in [3.8, 4) is 5.69 Å². The van der Waals surface area contributed by atoms with E-state index in [9.17, 15) is 4.79 Å². The van der Waals surface area contributed by atoms with Crippen LogP contribution in [-0.4, -0.2) is 70.3 Å². The molecule has 2 aromatic carbocycles. The third-order valence-electron chi connectivity index (χ3n) is 5.94. The number of tetrazole rings is 1. The first-order valence-corrected chi connectivity index (χ1v) is 10.5. The summed E-state index contributed by atoms with van der Waals surface area (Å²) in [5.41, 5.74) is 3.31. The van der Waals surface area contributed by atoms with Crippen LogP contribution in [-0.2, 0) is 11.2 Å². The number of hydrogen-bond donors (Lipinski definition) is 0. The fourth-order valence-electron chi connectivity index (χ4n) is 4.27. The molecular formula is C22H25N7O. The number of benzene rings is 2. The molecule has 0 unspecified atom stereocenters. The van der Waals surface area contributed by atoms with Gasteiger partial charge in [0.15, 0.2) is 0 Å². The molecule has 154 valence electrons. The van der Waals surface area contributed by atoms with Gasteiger partial charge >= 0.3 is 0 Å². The molecule has 0 spiro atoms. The molecule has 1 fully saturated rings. The summed E-state index contributed by atoms with van der Waals surface area (Å²) in [7, 11) is 0. The molecule has 3 heterocycles. The van der Waals surface area contributed by atoms with E-state index >= 15 is 0 Å². The van der Waals surface area contributed by atoms with E-state index in [0.717, 1.165) is 63.0 Å². The van der Waals surface area contributed by atoms with Crippen molar-refractivity contribution in [3.05, 3.63) is 60.2 Å². The summed E-state index contributed by atoms with van der Waals surface area (Å²) in [6, 6.07) is 18.2. The third kappa shape index (κ3) is 3.66. The highest BCUT2D eigenvalue weighted by molar-refractivity contribution is 5.95. The van der Waals surface area contributed by atoms with Crippen molar-refractivity contribution in [2.24, 2.45) is 0 Å². The van der Waals surface area contributed by atoms with Gasteiger partial charge in [0.25, 0.3) is 0 Å². The minimum atomic E-state index is 0.218. The summed E-state index contributed by atoms with van der Waals surface area (Å²) in [6.07, 6.45) is 1.51. The van der Waals surface area contributed by atoms with Gasteiger partial charge in [-0.1, -0.05) is 41.5 Å². The second kappa shape index (κ2) is 8.23. The Morgan fingerprint density at radius 2 is 1.67 bits per heavy atom. The molecule has 30 heavy (non-hydrogen) atoms. The van der Waals surface area contributed by atoms with Crippen molar-refractivity contribution in [3.63, 3.8) is 0 Å². The normalized spacial score (nSPS) is 16.7. The van der Waals surface area contributed by atoms with Crippen LogP contribution in [0, 0.1) is 0 Å². The van der Waals surface area contributed by atoms with Gasteiger partial charge in [-0.3, -0.25) is 9.69 Å². The summed E-state index contributed by atoms with van der Waals surface area (Å²) in [5, 5.41) is 12.3. The topological polar surface area (TPSA) is 70.4 Å². The van der Waals surface area contributed by atoms with E-state index in [1.807, 2.05) is 47.4 Å². The van der Waals surface area contributed by atoms with Crippen LogP contribution in [0.15, 0.2) is 54.6 Å². The Morgan fingerprint density at radius 1 is 0.900 bits per heavy atom. The Kier molecular flexibility index (Phi) is 5.15. The third-order valence-corrected chi connectivity index (χ3v) is 5.94. The molecule has 1 amide bonds. The van der Waals surface area contributed by atoms with Crippen molar-refractivity contribution in [1.82, 2.24) is 25.1 Å². The number of carbonyl (C=O) groups excluding carboxylic acids is 1. The van der Waals surface area contributed by atoms with Crippen LogP contribution in [0.2, 0.25) is 0 Å². The van der Waals surface area contributed by atoms with Crippen molar-refractivity contribution >= 4 is 17.5 Å². The Balaban J connectivity index is 1.15. The molecule has 0 atom stereocenters. The minimum Gasteiger partial charge on any atom is -0.337 e. The fraction of sp³-hybridized carbons (Fsp3) is 0.364. The molecule has 0 saturated carbocycles.